The maximum Gasteiger partial charge on any atom is 0.416 e. The zero-order chi connectivity index (χ0) is 25.9. The van der Waals surface area contributed by atoms with Gasteiger partial charge in [-0.2, -0.15) is 13.2 Å². The molecule has 0 aliphatic heterocycles. The smallest absolute Gasteiger partial charge is 0.416 e. The predicted molar refractivity (Wildman–Crippen MR) is 134 cm³/mol. The van der Waals surface area contributed by atoms with Crippen molar-refractivity contribution in [2.75, 3.05) is 5.32 Å². The number of aliphatic imine (C=N–C) groups is 1. The van der Waals surface area contributed by atoms with Crippen molar-refractivity contribution in [1.82, 2.24) is 9.55 Å². The van der Waals surface area contributed by atoms with E-state index >= 15 is 0 Å². The van der Waals surface area contributed by atoms with Crippen molar-refractivity contribution in [2.45, 2.75) is 12.7 Å². The Labute approximate surface area is 210 Å². The first kappa shape index (κ1) is 25.0. The minimum Gasteiger partial charge on any atom is -0.493 e. The summed E-state index contributed by atoms with van der Waals surface area (Å²) < 4.78 is 40.3. The van der Waals surface area contributed by atoms with Gasteiger partial charge in [0, 0.05) is 10.2 Å². The molecule has 0 spiro atoms. The first-order chi connectivity index (χ1) is 17.1. The van der Waals surface area contributed by atoms with Gasteiger partial charge in [0.15, 0.2) is 0 Å². The highest BCUT2D eigenvalue weighted by molar-refractivity contribution is 9.10. The number of para-hydroxylation sites is 1. The van der Waals surface area contributed by atoms with Gasteiger partial charge in [0.1, 0.15) is 11.4 Å². The second-order valence-corrected chi connectivity index (χ2v) is 8.54. The van der Waals surface area contributed by atoms with Crippen LogP contribution in [0.4, 0.5) is 18.9 Å². The van der Waals surface area contributed by atoms with Gasteiger partial charge in [-0.15, -0.1) is 0 Å². The topological polar surface area (TPSA) is 99.5 Å². The van der Waals surface area contributed by atoms with E-state index in [0.717, 1.165) is 21.2 Å². The van der Waals surface area contributed by atoms with Gasteiger partial charge in [0.2, 0.25) is 5.88 Å². The maximum absolute atomic E-state index is 12.9. The molecule has 4 aromatic rings. The van der Waals surface area contributed by atoms with Crippen LogP contribution in [-0.4, -0.2) is 20.5 Å². The molecular weight excluding hydrogens is 541 g/mol. The first-order valence-corrected chi connectivity index (χ1v) is 11.3. The lowest BCUT2D eigenvalue weighted by atomic mass is 10.1. The van der Waals surface area contributed by atoms with Crippen LogP contribution in [0.1, 0.15) is 16.7 Å². The summed E-state index contributed by atoms with van der Waals surface area (Å²) in [5.41, 5.74) is -1.59. The van der Waals surface area contributed by atoms with Crippen LogP contribution < -0.4 is 16.6 Å². The molecule has 0 unspecified atom stereocenters. The van der Waals surface area contributed by atoms with Gasteiger partial charge in [-0.1, -0.05) is 46.3 Å². The highest BCUT2D eigenvalue weighted by Crippen LogP contribution is 2.29. The molecule has 0 amide bonds. The molecule has 0 fully saturated rings. The standard InChI is InChI=1S/C25H18BrF3N4O3/c26-17-10-12-19(13-11-17)33-23(35)20(22(34)32-24(33)36)21(31-18-4-2-1-3-5-18)30-14-15-6-8-16(9-7-15)25(27,28)29/h1-13,35H,14H2,(H,30,31)(H,32,34,36). The number of aromatic nitrogens is 2. The Kier molecular flexibility index (Phi) is 7.11. The number of nitrogens with zero attached hydrogens (tertiary/aromatic N) is 2. The number of nitrogens with one attached hydrogen (secondary N) is 2. The van der Waals surface area contributed by atoms with E-state index < -0.39 is 28.9 Å². The van der Waals surface area contributed by atoms with Crippen LogP contribution in [0.3, 0.4) is 0 Å². The van der Waals surface area contributed by atoms with Crippen LogP contribution >= 0.6 is 15.9 Å². The molecule has 1 aromatic heterocycles. The number of anilines is 1. The van der Waals surface area contributed by atoms with Crippen LogP contribution in [0.15, 0.2) is 97.9 Å². The lowest BCUT2D eigenvalue weighted by Gasteiger charge is -2.15. The van der Waals surface area contributed by atoms with E-state index in [0.29, 0.717) is 16.9 Å². The summed E-state index contributed by atoms with van der Waals surface area (Å²) in [6.07, 6.45) is -4.47. The van der Waals surface area contributed by atoms with E-state index in [4.69, 9.17) is 0 Å². The van der Waals surface area contributed by atoms with Crippen molar-refractivity contribution >= 4 is 27.5 Å². The van der Waals surface area contributed by atoms with Crippen LogP contribution in [0.2, 0.25) is 0 Å². The normalized spacial score (nSPS) is 11.9. The fraction of sp³-hybridized carbons (Fsp3) is 0.0800. The van der Waals surface area contributed by atoms with Crippen LogP contribution in [0, 0.1) is 0 Å². The molecule has 0 atom stereocenters. The minimum absolute atomic E-state index is 0.0780. The molecule has 184 valence electrons. The molecule has 7 nitrogen and oxygen atoms in total. The molecule has 4 rings (SSSR count). The molecular formula is C25H18BrF3N4O3. The SMILES string of the molecule is O=c1[nH]c(=O)n(-c2ccc(Br)cc2)c(O)c1C(=NCc1ccc(C(F)(F)F)cc1)Nc1ccccc1. The Balaban J connectivity index is 1.81. The fourth-order valence-corrected chi connectivity index (χ4v) is 3.64. The highest BCUT2D eigenvalue weighted by atomic mass is 79.9. The lowest BCUT2D eigenvalue weighted by molar-refractivity contribution is -0.137. The number of alkyl halides is 3. The van der Waals surface area contributed by atoms with Gasteiger partial charge in [-0.05, 0) is 54.1 Å². The second kappa shape index (κ2) is 10.2. The molecule has 11 heteroatoms. The number of halogens is 4. The van der Waals surface area contributed by atoms with E-state index in [1.807, 2.05) is 0 Å². The van der Waals surface area contributed by atoms with Crippen molar-refractivity contribution in [1.29, 1.82) is 0 Å². The van der Waals surface area contributed by atoms with Crippen molar-refractivity contribution in [3.63, 3.8) is 0 Å². The second-order valence-electron chi connectivity index (χ2n) is 7.62. The summed E-state index contributed by atoms with van der Waals surface area (Å²) in [7, 11) is 0. The summed E-state index contributed by atoms with van der Waals surface area (Å²) in [6.45, 7) is -0.108. The number of hydrogen-bond donors (Lipinski definition) is 3. The van der Waals surface area contributed by atoms with E-state index in [-0.39, 0.29) is 17.9 Å². The van der Waals surface area contributed by atoms with E-state index in [1.165, 1.54) is 12.1 Å². The molecule has 3 N–H and O–H groups in total. The summed E-state index contributed by atoms with van der Waals surface area (Å²) in [4.78, 5) is 31.9. The third-order valence-corrected chi connectivity index (χ3v) is 5.67. The van der Waals surface area contributed by atoms with E-state index in [2.05, 4.69) is 31.2 Å². The Hall–Kier alpha value is -4.12. The first-order valence-electron chi connectivity index (χ1n) is 10.5. The Morgan fingerprint density at radius 3 is 2.22 bits per heavy atom. The number of aromatic amines is 1. The van der Waals surface area contributed by atoms with Gasteiger partial charge in [-0.3, -0.25) is 14.8 Å². The monoisotopic (exact) mass is 558 g/mol. The number of benzene rings is 3. The lowest BCUT2D eigenvalue weighted by Crippen LogP contribution is -2.35. The number of H-pyrrole nitrogens is 1. The predicted octanol–water partition coefficient (Wildman–Crippen LogP) is 5.07. The quantitative estimate of drug-likeness (QED) is 0.235. The average molecular weight is 559 g/mol. The summed E-state index contributed by atoms with van der Waals surface area (Å²) >= 11 is 3.30. The third kappa shape index (κ3) is 5.57. The Morgan fingerprint density at radius 1 is 0.972 bits per heavy atom. The number of rotatable bonds is 5. The van der Waals surface area contributed by atoms with Gasteiger partial charge in [-0.25, -0.2) is 9.36 Å². The van der Waals surface area contributed by atoms with E-state index in [1.54, 1.807) is 54.6 Å². The fourth-order valence-electron chi connectivity index (χ4n) is 3.38. The highest BCUT2D eigenvalue weighted by Gasteiger charge is 2.30. The van der Waals surface area contributed by atoms with Crippen LogP contribution in [0.25, 0.3) is 5.69 Å². The van der Waals surface area contributed by atoms with Crippen molar-refractivity contribution in [3.8, 4) is 11.6 Å². The van der Waals surface area contributed by atoms with Gasteiger partial charge in [0.25, 0.3) is 5.56 Å². The summed E-state index contributed by atoms with van der Waals surface area (Å²) in [6, 6.07) is 19.5. The molecule has 0 radical (unpaired) electrons. The molecule has 36 heavy (non-hydrogen) atoms. The zero-order valence-corrected chi connectivity index (χ0v) is 20.0. The Morgan fingerprint density at radius 2 is 1.61 bits per heavy atom. The molecule has 3 aromatic carbocycles. The molecule has 0 aliphatic rings. The number of amidine groups is 1. The molecule has 0 saturated carbocycles. The molecule has 0 bridgehead atoms. The van der Waals surface area contributed by atoms with Crippen LogP contribution in [-0.2, 0) is 12.7 Å². The van der Waals surface area contributed by atoms with Crippen molar-refractivity contribution < 1.29 is 18.3 Å². The van der Waals surface area contributed by atoms with Crippen LogP contribution in [0.5, 0.6) is 5.88 Å². The number of aromatic hydroxyl groups is 1. The van der Waals surface area contributed by atoms with Crippen molar-refractivity contribution in [3.05, 3.63) is 121 Å². The Bertz CT molecular complexity index is 1510. The molecule has 1 heterocycles. The summed E-state index contributed by atoms with van der Waals surface area (Å²) in [5, 5.41) is 14.0. The largest absolute Gasteiger partial charge is 0.493 e. The van der Waals surface area contributed by atoms with Gasteiger partial charge in [0.05, 0.1) is 17.8 Å². The average Bonchev–Trinajstić information content (AvgIpc) is 2.83. The van der Waals surface area contributed by atoms with Gasteiger partial charge < -0.3 is 10.4 Å². The van der Waals surface area contributed by atoms with Crippen molar-refractivity contribution in [2.24, 2.45) is 4.99 Å². The number of hydrogen-bond acceptors (Lipinski definition) is 4. The van der Waals surface area contributed by atoms with Gasteiger partial charge >= 0.3 is 11.9 Å². The molecule has 0 saturated heterocycles. The molecule has 0 aliphatic carbocycles. The zero-order valence-electron chi connectivity index (χ0n) is 18.4. The van der Waals surface area contributed by atoms with E-state index in [9.17, 15) is 27.9 Å². The minimum atomic E-state index is -4.47. The summed E-state index contributed by atoms with van der Waals surface area (Å²) in [5.74, 6) is -0.730. The third-order valence-electron chi connectivity index (χ3n) is 5.15. The maximum atomic E-state index is 12.9.